The monoisotopic (exact) mass is 487 g/mol. The standard InChI is InChI=1S/C28H22ClNO5/c29-20-5-1-16(2-6-20)23-11-18(23)13-25(31)17-3-7-21(8-4-17)35-26-14-27-24(12-19(26)15-30)22(28(32)33)9-10-34-27/h1-8,12,14,18,22-23H,9-11,13H2,(H,32,33). The summed E-state index contributed by atoms with van der Waals surface area (Å²) < 4.78 is 11.5. The number of carboxylic acids is 1. The van der Waals surface area contributed by atoms with Crippen molar-refractivity contribution in [3.8, 4) is 23.3 Å². The average Bonchev–Trinajstić information content (AvgIpc) is 3.62. The lowest BCUT2D eigenvalue weighted by molar-refractivity contribution is -0.139. The molecule has 1 aliphatic heterocycles. The van der Waals surface area contributed by atoms with Crippen LogP contribution in [0.15, 0.2) is 60.7 Å². The first-order valence-corrected chi connectivity index (χ1v) is 11.8. The van der Waals surface area contributed by atoms with Crippen LogP contribution in [0.3, 0.4) is 0 Å². The van der Waals surface area contributed by atoms with Gasteiger partial charge in [0.25, 0.3) is 0 Å². The second-order valence-corrected chi connectivity index (χ2v) is 9.37. The number of nitriles is 1. The summed E-state index contributed by atoms with van der Waals surface area (Å²) in [5, 5.41) is 19.7. The second kappa shape index (κ2) is 9.44. The fraction of sp³-hybridized carbons (Fsp3) is 0.250. The molecule has 0 bridgehead atoms. The fourth-order valence-electron chi connectivity index (χ4n) is 4.63. The molecule has 35 heavy (non-hydrogen) atoms. The Morgan fingerprint density at radius 3 is 2.54 bits per heavy atom. The summed E-state index contributed by atoms with van der Waals surface area (Å²) in [6, 6.07) is 19.8. The lowest BCUT2D eigenvalue weighted by atomic mass is 9.91. The van der Waals surface area contributed by atoms with E-state index in [-0.39, 0.29) is 23.7 Å². The van der Waals surface area contributed by atoms with Crippen molar-refractivity contribution < 1.29 is 24.2 Å². The molecular weight excluding hydrogens is 466 g/mol. The van der Waals surface area contributed by atoms with Crippen molar-refractivity contribution in [3.05, 3.63) is 87.9 Å². The Hall–Kier alpha value is -3.82. The van der Waals surface area contributed by atoms with E-state index in [2.05, 4.69) is 6.07 Å². The third-order valence-electron chi connectivity index (χ3n) is 6.64. The normalized spacial score (nSPS) is 20.2. The molecule has 0 amide bonds. The summed E-state index contributed by atoms with van der Waals surface area (Å²) in [5.74, 6) is 0.308. The Bertz CT molecular complexity index is 1330. The van der Waals surface area contributed by atoms with Gasteiger partial charge in [0.1, 0.15) is 23.3 Å². The van der Waals surface area contributed by atoms with Crippen LogP contribution in [0.2, 0.25) is 5.02 Å². The van der Waals surface area contributed by atoms with Gasteiger partial charge in [0, 0.05) is 28.6 Å². The Kier molecular flexibility index (Phi) is 6.19. The molecule has 1 fully saturated rings. The molecule has 1 N–H and O–H groups in total. The molecule has 3 unspecified atom stereocenters. The van der Waals surface area contributed by atoms with Gasteiger partial charge in [0.2, 0.25) is 0 Å². The molecule has 0 spiro atoms. The minimum atomic E-state index is -0.946. The fourth-order valence-corrected chi connectivity index (χ4v) is 4.75. The molecule has 6 nitrogen and oxygen atoms in total. The summed E-state index contributed by atoms with van der Waals surface area (Å²) in [6.45, 7) is 0.284. The number of carbonyl (C=O) groups is 2. The molecule has 0 aromatic heterocycles. The van der Waals surface area contributed by atoms with Crippen LogP contribution >= 0.6 is 11.6 Å². The number of aliphatic carboxylic acids is 1. The smallest absolute Gasteiger partial charge is 0.311 e. The molecule has 1 saturated carbocycles. The Morgan fingerprint density at radius 2 is 1.86 bits per heavy atom. The van der Waals surface area contributed by atoms with Gasteiger partial charge in [-0.05, 0) is 72.7 Å². The van der Waals surface area contributed by atoms with Crippen LogP contribution in [0.5, 0.6) is 17.2 Å². The molecule has 7 heteroatoms. The lowest BCUT2D eigenvalue weighted by Crippen LogP contribution is -2.21. The maximum Gasteiger partial charge on any atom is 0.311 e. The van der Waals surface area contributed by atoms with Crippen molar-refractivity contribution in [2.24, 2.45) is 5.92 Å². The largest absolute Gasteiger partial charge is 0.493 e. The third kappa shape index (κ3) is 4.87. The maximum absolute atomic E-state index is 12.8. The average molecular weight is 488 g/mol. The number of Topliss-reactive ketones (excluding diaryl/α,β-unsaturated/α-hetero) is 1. The van der Waals surface area contributed by atoms with Gasteiger partial charge >= 0.3 is 5.97 Å². The van der Waals surface area contributed by atoms with Gasteiger partial charge in [0.05, 0.1) is 18.1 Å². The molecule has 3 aromatic carbocycles. The molecule has 2 aliphatic rings. The number of hydrogen-bond donors (Lipinski definition) is 1. The number of nitrogens with zero attached hydrogens (tertiary/aromatic N) is 1. The molecule has 0 radical (unpaired) electrons. The van der Waals surface area contributed by atoms with Crippen molar-refractivity contribution in [2.45, 2.75) is 31.1 Å². The zero-order valence-electron chi connectivity index (χ0n) is 18.7. The van der Waals surface area contributed by atoms with E-state index in [4.69, 9.17) is 21.1 Å². The summed E-state index contributed by atoms with van der Waals surface area (Å²) >= 11 is 5.96. The highest BCUT2D eigenvalue weighted by Gasteiger charge is 2.39. The quantitative estimate of drug-likeness (QED) is 0.391. The van der Waals surface area contributed by atoms with E-state index in [9.17, 15) is 20.0 Å². The van der Waals surface area contributed by atoms with Gasteiger partial charge in [-0.25, -0.2) is 0 Å². The number of hydrogen-bond acceptors (Lipinski definition) is 5. The maximum atomic E-state index is 12.8. The van der Waals surface area contributed by atoms with Crippen molar-refractivity contribution in [3.63, 3.8) is 0 Å². The lowest BCUT2D eigenvalue weighted by Gasteiger charge is -2.24. The second-order valence-electron chi connectivity index (χ2n) is 8.93. The van der Waals surface area contributed by atoms with E-state index in [1.165, 1.54) is 11.6 Å². The van der Waals surface area contributed by atoms with Crippen LogP contribution in [-0.4, -0.2) is 23.5 Å². The number of rotatable bonds is 7. The molecule has 5 rings (SSSR count). The topological polar surface area (TPSA) is 96.6 Å². The number of ketones is 1. The predicted molar refractivity (Wildman–Crippen MR) is 129 cm³/mol. The first kappa shape index (κ1) is 22.9. The number of halogens is 1. The van der Waals surface area contributed by atoms with Crippen LogP contribution in [0.4, 0.5) is 0 Å². The van der Waals surface area contributed by atoms with Gasteiger partial charge in [0.15, 0.2) is 5.78 Å². The minimum Gasteiger partial charge on any atom is -0.493 e. The highest BCUT2D eigenvalue weighted by atomic mass is 35.5. The Morgan fingerprint density at radius 1 is 1.11 bits per heavy atom. The van der Waals surface area contributed by atoms with Crippen LogP contribution in [0.25, 0.3) is 0 Å². The minimum absolute atomic E-state index is 0.0811. The first-order chi connectivity index (χ1) is 16.9. The van der Waals surface area contributed by atoms with Gasteiger partial charge in [-0.1, -0.05) is 23.7 Å². The summed E-state index contributed by atoms with van der Waals surface area (Å²) in [7, 11) is 0. The van der Waals surface area contributed by atoms with Crippen molar-refractivity contribution >= 4 is 23.4 Å². The van der Waals surface area contributed by atoms with Crippen LogP contribution in [0.1, 0.15) is 58.1 Å². The highest BCUT2D eigenvalue weighted by molar-refractivity contribution is 6.30. The van der Waals surface area contributed by atoms with Gasteiger partial charge < -0.3 is 14.6 Å². The van der Waals surface area contributed by atoms with Gasteiger partial charge in [-0.3, -0.25) is 9.59 Å². The number of benzene rings is 3. The number of carbonyl (C=O) groups excluding carboxylic acids is 1. The molecule has 3 atom stereocenters. The van der Waals surface area contributed by atoms with Gasteiger partial charge in [-0.15, -0.1) is 0 Å². The van der Waals surface area contributed by atoms with E-state index in [0.717, 1.165) is 6.42 Å². The van der Waals surface area contributed by atoms with Crippen molar-refractivity contribution in [1.82, 2.24) is 0 Å². The van der Waals surface area contributed by atoms with Crippen LogP contribution in [0, 0.1) is 17.2 Å². The van der Waals surface area contributed by atoms with E-state index in [1.54, 1.807) is 30.3 Å². The zero-order chi connectivity index (χ0) is 24.5. The number of carboxylic acid groups (broad SMARTS) is 1. The zero-order valence-corrected chi connectivity index (χ0v) is 19.5. The summed E-state index contributed by atoms with van der Waals surface area (Å²) in [4.78, 5) is 24.3. The molecule has 1 heterocycles. The molecular formula is C28H22ClNO5. The number of fused-ring (bicyclic) bond motifs is 1. The van der Waals surface area contributed by atoms with E-state index >= 15 is 0 Å². The van der Waals surface area contributed by atoms with Crippen LogP contribution in [-0.2, 0) is 4.79 Å². The third-order valence-corrected chi connectivity index (χ3v) is 6.89. The van der Waals surface area contributed by atoms with Crippen LogP contribution < -0.4 is 9.47 Å². The molecule has 0 saturated heterocycles. The molecule has 3 aromatic rings. The molecule has 176 valence electrons. The first-order valence-electron chi connectivity index (χ1n) is 11.4. The SMILES string of the molecule is N#Cc1cc2c(cc1Oc1ccc(C(=O)CC3CC3c3ccc(Cl)cc3)cc1)OCCC2C(=O)O. The summed E-state index contributed by atoms with van der Waals surface area (Å²) in [6.07, 6.45) is 1.83. The molecule has 1 aliphatic carbocycles. The predicted octanol–water partition coefficient (Wildman–Crippen LogP) is 6.33. The van der Waals surface area contributed by atoms with Gasteiger partial charge in [-0.2, -0.15) is 5.26 Å². The highest BCUT2D eigenvalue weighted by Crippen LogP contribution is 2.50. The van der Waals surface area contributed by atoms with E-state index in [0.29, 0.717) is 52.3 Å². The van der Waals surface area contributed by atoms with Crippen molar-refractivity contribution in [2.75, 3.05) is 6.61 Å². The Balaban J connectivity index is 1.26. The van der Waals surface area contributed by atoms with E-state index < -0.39 is 11.9 Å². The Labute approximate surface area is 207 Å². The number of ether oxygens (including phenoxy) is 2. The van der Waals surface area contributed by atoms with E-state index in [1.807, 2.05) is 24.3 Å². The van der Waals surface area contributed by atoms with Crippen molar-refractivity contribution in [1.29, 1.82) is 5.26 Å². The summed E-state index contributed by atoms with van der Waals surface area (Å²) in [5.41, 5.74) is 2.53.